The highest BCUT2D eigenvalue weighted by Crippen LogP contribution is 2.57. The Hall–Kier alpha value is -2.13. The van der Waals surface area contributed by atoms with E-state index in [4.69, 9.17) is 0 Å². The molecule has 3 nitrogen and oxygen atoms in total. The topological polar surface area (TPSA) is 40.5 Å². The van der Waals surface area contributed by atoms with Gasteiger partial charge in [-0.2, -0.15) is 0 Å². The molecule has 0 saturated heterocycles. The first-order valence-electron chi connectivity index (χ1n) is 11.8. The normalized spacial score (nSPS) is 31.4. The van der Waals surface area contributed by atoms with Gasteiger partial charge in [0.25, 0.3) is 5.91 Å². The highest BCUT2D eigenvalue weighted by molar-refractivity contribution is 5.95. The van der Waals surface area contributed by atoms with Crippen molar-refractivity contribution in [3.63, 3.8) is 0 Å². The lowest BCUT2D eigenvalue weighted by Gasteiger charge is -2.58. The molecular weight excluding hydrogens is 370 g/mol. The van der Waals surface area contributed by atoms with Crippen molar-refractivity contribution in [2.45, 2.75) is 69.7 Å². The number of carbonyl (C=O) groups excluding carboxylic acids is 1. The Morgan fingerprint density at radius 3 is 1.87 bits per heavy atom. The molecule has 0 heterocycles. The Kier molecular flexibility index (Phi) is 4.31. The van der Waals surface area contributed by atoms with Crippen molar-refractivity contribution in [1.82, 2.24) is 5.06 Å². The number of aryl methyl sites for hydroxylation is 4. The molecule has 0 aliphatic heterocycles. The number of rotatable bonds is 2. The second-order valence-electron chi connectivity index (χ2n) is 10.6. The zero-order valence-electron chi connectivity index (χ0n) is 17.6. The Balaban J connectivity index is 1.32. The molecule has 8 aliphatic rings. The number of hydrogen-bond donors (Lipinski definition) is 1. The lowest BCUT2D eigenvalue weighted by Crippen LogP contribution is -2.60. The van der Waals surface area contributed by atoms with Crippen LogP contribution >= 0.6 is 0 Å². The van der Waals surface area contributed by atoms with Gasteiger partial charge in [0, 0.05) is 5.56 Å². The second-order valence-corrected chi connectivity index (χ2v) is 10.6. The summed E-state index contributed by atoms with van der Waals surface area (Å²) in [6, 6.07) is 15.3. The Morgan fingerprint density at radius 1 is 0.767 bits per heavy atom. The summed E-state index contributed by atoms with van der Waals surface area (Å²) in [6.07, 6.45) is 10.5. The lowest BCUT2D eigenvalue weighted by atomic mass is 9.53. The van der Waals surface area contributed by atoms with Crippen LogP contribution in [0, 0.1) is 17.8 Å². The third-order valence-electron chi connectivity index (χ3n) is 8.46. The maximum absolute atomic E-state index is 13.7. The van der Waals surface area contributed by atoms with Crippen LogP contribution in [0.15, 0.2) is 42.5 Å². The van der Waals surface area contributed by atoms with Crippen LogP contribution in [0.25, 0.3) is 0 Å². The van der Waals surface area contributed by atoms with Crippen molar-refractivity contribution in [2.75, 3.05) is 0 Å². The zero-order chi connectivity index (χ0) is 20.3. The van der Waals surface area contributed by atoms with E-state index < -0.39 is 0 Å². The van der Waals surface area contributed by atoms with E-state index in [1.165, 1.54) is 41.0 Å². The summed E-state index contributed by atoms with van der Waals surface area (Å²) in [5.74, 6) is 1.93. The molecule has 4 saturated carbocycles. The fourth-order valence-corrected chi connectivity index (χ4v) is 7.29. The van der Waals surface area contributed by atoms with Gasteiger partial charge >= 0.3 is 0 Å². The number of carbonyl (C=O) groups is 1. The van der Waals surface area contributed by atoms with E-state index in [1.54, 1.807) is 0 Å². The first-order valence-corrected chi connectivity index (χ1v) is 11.8. The van der Waals surface area contributed by atoms with Gasteiger partial charge in [-0.25, -0.2) is 5.06 Å². The summed E-state index contributed by atoms with van der Waals surface area (Å²) < 4.78 is 0. The number of nitrogens with zero attached hydrogens (tertiary/aromatic N) is 1. The lowest BCUT2D eigenvalue weighted by molar-refractivity contribution is -0.193. The van der Waals surface area contributed by atoms with Crippen LogP contribution in [0.4, 0.5) is 0 Å². The van der Waals surface area contributed by atoms with Crippen LogP contribution in [-0.2, 0) is 25.7 Å². The van der Waals surface area contributed by atoms with Gasteiger partial charge in [0.05, 0.1) is 5.54 Å². The molecule has 0 radical (unpaired) electrons. The van der Waals surface area contributed by atoms with Crippen LogP contribution in [-0.4, -0.2) is 21.7 Å². The first kappa shape index (κ1) is 18.6. The van der Waals surface area contributed by atoms with Crippen molar-refractivity contribution >= 4 is 5.91 Å². The van der Waals surface area contributed by atoms with Gasteiger partial charge in [-0.1, -0.05) is 36.4 Å². The molecule has 0 aromatic heterocycles. The summed E-state index contributed by atoms with van der Waals surface area (Å²) in [4.78, 5) is 13.7. The van der Waals surface area contributed by atoms with Gasteiger partial charge in [0.1, 0.15) is 0 Å². The smallest absolute Gasteiger partial charge is 0.278 e. The number of benzene rings is 2. The fraction of sp³-hybridized carbons (Fsp3) is 0.519. The SMILES string of the molecule is O=C(c1cc2ccc1CCc1ccc(cc1)CC2)N(O)C12CC3CC(CC(C3)C1)C2. The summed E-state index contributed by atoms with van der Waals surface area (Å²) in [5, 5.41) is 12.5. The van der Waals surface area contributed by atoms with Gasteiger partial charge in [0.2, 0.25) is 0 Å². The quantitative estimate of drug-likeness (QED) is 0.543. The Labute approximate surface area is 179 Å². The van der Waals surface area contributed by atoms with Crippen LogP contribution < -0.4 is 0 Å². The van der Waals surface area contributed by atoms with Crippen molar-refractivity contribution in [1.29, 1.82) is 0 Å². The van der Waals surface area contributed by atoms with Crippen LogP contribution in [0.3, 0.4) is 0 Å². The number of hydrogen-bond acceptors (Lipinski definition) is 2. The van der Waals surface area contributed by atoms with Gasteiger partial charge in [-0.3, -0.25) is 10.0 Å². The highest BCUT2D eigenvalue weighted by Gasteiger charge is 2.55. The molecule has 1 N–H and O–H groups in total. The molecule has 1 amide bonds. The monoisotopic (exact) mass is 401 g/mol. The fourth-order valence-electron chi connectivity index (χ4n) is 7.29. The first-order chi connectivity index (χ1) is 14.6. The van der Waals surface area contributed by atoms with Crippen molar-refractivity contribution in [2.24, 2.45) is 17.8 Å². The standard InChI is InChI=1S/C27H31NO2/c29-26(28(30)27-15-21-11-22(16-27)13-23(12-21)17-27)25-14-20-6-5-18-1-3-19(4-2-18)7-9-24(25)10-8-20/h1-4,8,10,14,21-23,30H,5-7,9,11-13,15-17H2. The molecule has 0 spiro atoms. The minimum absolute atomic E-state index is 0.167. The van der Waals surface area contributed by atoms with Crippen molar-refractivity contribution in [3.8, 4) is 0 Å². The van der Waals surface area contributed by atoms with E-state index >= 15 is 0 Å². The molecule has 156 valence electrons. The van der Waals surface area contributed by atoms with Gasteiger partial charge in [-0.05, 0) is 110 Å². The van der Waals surface area contributed by atoms with E-state index in [2.05, 4.69) is 42.5 Å². The van der Waals surface area contributed by atoms with Crippen molar-refractivity contribution < 1.29 is 10.0 Å². The molecule has 10 rings (SSSR count). The molecule has 0 atom stereocenters. The average molecular weight is 402 g/mol. The largest absolute Gasteiger partial charge is 0.285 e. The highest BCUT2D eigenvalue weighted by atomic mass is 16.5. The van der Waals surface area contributed by atoms with Crippen LogP contribution in [0.2, 0.25) is 0 Å². The van der Waals surface area contributed by atoms with E-state index in [-0.39, 0.29) is 11.4 Å². The predicted octanol–water partition coefficient (Wildman–Crippen LogP) is 5.37. The maximum atomic E-state index is 13.7. The Bertz CT molecular complexity index is 942. The second kappa shape index (κ2) is 6.95. The molecular formula is C27H31NO2. The summed E-state index contributed by atoms with van der Waals surface area (Å²) in [5.41, 5.74) is 5.31. The maximum Gasteiger partial charge on any atom is 0.278 e. The molecule has 8 aliphatic carbocycles. The minimum atomic E-state index is -0.320. The van der Waals surface area contributed by atoms with Crippen LogP contribution in [0.5, 0.6) is 0 Å². The molecule has 8 bridgehead atoms. The number of amides is 1. The van der Waals surface area contributed by atoms with Crippen LogP contribution in [0.1, 0.15) is 71.1 Å². The zero-order valence-corrected chi connectivity index (χ0v) is 17.6. The Morgan fingerprint density at radius 2 is 1.27 bits per heavy atom. The van der Waals surface area contributed by atoms with Gasteiger partial charge < -0.3 is 0 Å². The molecule has 2 aromatic rings. The predicted molar refractivity (Wildman–Crippen MR) is 117 cm³/mol. The summed E-state index contributed by atoms with van der Waals surface area (Å²) in [7, 11) is 0. The van der Waals surface area contributed by atoms with E-state index in [1.807, 2.05) is 0 Å². The summed E-state index contributed by atoms with van der Waals surface area (Å²) >= 11 is 0. The third-order valence-corrected chi connectivity index (χ3v) is 8.46. The molecule has 3 heteroatoms. The third kappa shape index (κ3) is 3.10. The minimum Gasteiger partial charge on any atom is -0.285 e. The molecule has 30 heavy (non-hydrogen) atoms. The number of hydroxylamine groups is 2. The average Bonchev–Trinajstić information content (AvgIpc) is 2.73. The van der Waals surface area contributed by atoms with Gasteiger partial charge in [-0.15, -0.1) is 0 Å². The van der Waals surface area contributed by atoms with E-state index in [0.717, 1.165) is 56.1 Å². The van der Waals surface area contributed by atoms with Crippen molar-refractivity contribution in [3.05, 3.63) is 70.3 Å². The molecule has 4 fully saturated rings. The van der Waals surface area contributed by atoms with E-state index in [9.17, 15) is 10.0 Å². The van der Waals surface area contributed by atoms with Gasteiger partial charge in [0.15, 0.2) is 0 Å². The van der Waals surface area contributed by atoms with E-state index in [0.29, 0.717) is 17.8 Å². The molecule has 0 unspecified atom stereocenters. The molecule has 2 aromatic carbocycles. The summed E-state index contributed by atoms with van der Waals surface area (Å²) in [6.45, 7) is 0.